The summed E-state index contributed by atoms with van der Waals surface area (Å²) in [6, 6.07) is 14.0. The number of hydrogen-bond acceptors (Lipinski definition) is 5. The summed E-state index contributed by atoms with van der Waals surface area (Å²) in [6.07, 6.45) is 0. The van der Waals surface area contributed by atoms with Gasteiger partial charge < -0.3 is 4.74 Å². The molecule has 0 aliphatic heterocycles. The van der Waals surface area contributed by atoms with Crippen molar-refractivity contribution in [3.8, 4) is 22.6 Å². The molecule has 4 aromatic rings. The fraction of sp³-hybridized carbons (Fsp3) is 0.190. The van der Waals surface area contributed by atoms with Crippen molar-refractivity contribution in [1.82, 2.24) is 19.8 Å². The number of hydrogen-bond donors (Lipinski definition) is 0. The van der Waals surface area contributed by atoms with Crippen LogP contribution in [0.15, 0.2) is 58.0 Å². The fourth-order valence-electron chi connectivity index (χ4n) is 3.11. The van der Waals surface area contributed by atoms with E-state index in [0.717, 1.165) is 22.4 Å². The summed E-state index contributed by atoms with van der Waals surface area (Å²) in [5.41, 5.74) is 5.79. The summed E-state index contributed by atoms with van der Waals surface area (Å²) in [6.45, 7) is 4.37. The summed E-state index contributed by atoms with van der Waals surface area (Å²) in [5.74, 6) is 0.819. The van der Waals surface area contributed by atoms with Crippen molar-refractivity contribution in [1.29, 1.82) is 0 Å². The Balaban J connectivity index is 1.62. The average Bonchev–Trinajstić information content (AvgIpc) is 3.33. The molecule has 0 aliphatic rings. The maximum atomic E-state index is 12.3. The maximum absolute atomic E-state index is 12.3. The monoisotopic (exact) mass is 392 g/mol. The predicted molar refractivity (Wildman–Crippen MR) is 110 cm³/mol. The zero-order valence-electron chi connectivity index (χ0n) is 15.9. The minimum absolute atomic E-state index is 0.289. The summed E-state index contributed by atoms with van der Waals surface area (Å²) in [4.78, 5) is 12.3. The largest absolute Gasteiger partial charge is 0.489 e. The Labute approximate surface area is 166 Å². The van der Waals surface area contributed by atoms with Crippen LogP contribution in [0.25, 0.3) is 16.8 Å². The standard InChI is InChI=1S/C21H20N4O2S/c1-14-5-4-6-19(25-21(26)24(3)22-23-25)18(14)12-27-20-8-7-16(11-15(20)2)17-9-10-28-13-17/h4-11,13H,12H2,1-3H3. The number of ether oxygens (including phenoxy) is 1. The van der Waals surface area contributed by atoms with Gasteiger partial charge in [0, 0.05) is 12.6 Å². The van der Waals surface area contributed by atoms with Crippen molar-refractivity contribution in [3.05, 3.63) is 80.4 Å². The van der Waals surface area contributed by atoms with Gasteiger partial charge in [0.05, 0.1) is 5.69 Å². The SMILES string of the molecule is Cc1cc(-c2ccsc2)ccc1OCc1c(C)cccc1-n1nnn(C)c1=O. The third-order valence-electron chi connectivity index (χ3n) is 4.74. The molecule has 0 radical (unpaired) electrons. The Morgan fingerprint density at radius 1 is 1.04 bits per heavy atom. The molecule has 0 saturated carbocycles. The number of nitrogens with zero attached hydrogens (tertiary/aromatic N) is 4. The van der Waals surface area contributed by atoms with Gasteiger partial charge in [0.1, 0.15) is 12.4 Å². The van der Waals surface area contributed by atoms with E-state index in [9.17, 15) is 4.79 Å². The lowest BCUT2D eigenvalue weighted by molar-refractivity contribution is 0.302. The Hall–Kier alpha value is -3.19. The van der Waals surface area contributed by atoms with Crippen LogP contribution in [0.2, 0.25) is 0 Å². The molecule has 2 aromatic carbocycles. The zero-order valence-corrected chi connectivity index (χ0v) is 16.7. The lowest BCUT2D eigenvalue weighted by atomic mass is 10.1. The van der Waals surface area contributed by atoms with Crippen molar-refractivity contribution < 1.29 is 4.74 Å². The molecule has 0 atom stereocenters. The second-order valence-corrected chi connectivity index (χ2v) is 7.43. The Morgan fingerprint density at radius 2 is 1.89 bits per heavy atom. The van der Waals surface area contributed by atoms with E-state index in [0.29, 0.717) is 12.3 Å². The lowest BCUT2D eigenvalue weighted by Gasteiger charge is -2.14. The molecule has 0 bridgehead atoms. The van der Waals surface area contributed by atoms with E-state index >= 15 is 0 Å². The summed E-state index contributed by atoms with van der Waals surface area (Å²) in [7, 11) is 1.58. The number of aryl methyl sites for hydroxylation is 3. The highest BCUT2D eigenvalue weighted by Crippen LogP contribution is 2.29. The molecule has 0 saturated heterocycles. The molecule has 0 unspecified atom stereocenters. The van der Waals surface area contributed by atoms with Crippen molar-refractivity contribution in [2.75, 3.05) is 0 Å². The van der Waals surface area contributed by atoms with E-state index < -0.39 is 0 Å². The van der Waals surface area contributed by atoms with Crippen LogP contribution in [0.5, 0.6) is 5.75 Å². The van der Waals surface area contributed by atoms with Crippen molar-refractivity contribution in [3.63, 3.8) is 0 Å². The Bertz CT molecular complexity index is 1180. The molecule has 0 aliphatic carbocycles. The molecule has 0 amide bonds. The van der Waals surface area contributed by atoms with E-state index in [2.05, 4.69) is 39.4 Å². The highest BCUT2D eigenvalue weighted by Gasteiger charge is 2.14. The van der Waals surface area contributed by atoms with Gasteiger partial charge in [-0.2, -0.15) is 20.7 Å². The first-order valence-electron chi connectivity index (χ1n) is 8.88. The fourth-order valence-corrected chi connectivity index (χ4v) is 3.77. The topological polar surface area (TPSA) is 61.9 Å². The number of aromatic nitrogens is 4. The normalized spacial score (nSPS) is 11.0. The number of rotatable bonds is 5. The van der Waals surface area contributed by atoms with Gasteiger partial charge in [0.15, 0.2) is 0 Å². The van der Waals surface area contributed by atoms with E-state index in [-0.39, 0.29) is 5.69 Å². The van der Waals surface area contributed by atoms with Crippen LogP contribution in [0, 0.1) is 13.8 Å². The maximum Gasteiger partial charge on any atom is 0.368 e. The third kappa shape index (κ3) is 3.36. The van der Waals surface area contributed by atoms with Gasteiger partial charge in [0.2, 0.25) is 0 Å². The third-order valence-corrected chi connectivity index (χ3v) is 5.42. The summed E-state index contributed by atoms with van der Waals surface area (Å²) < 4.78 is 8.63. The van der Waals surface area contributed by atoms with Crippen LogP contribution in [0.3, 0.4) is 0 Å². The van der Waals surface area contributed by atoms with Crippen LogP contribution < -0.4 is 10.4 Å². The van der Waals surface area contributed by atoms with Crippen molar-refractivity contribution in [2.45, 2.75) is 20.5 Å². The first kappa shape index (κ1) is 18.2. The first-order valence-corrected chi connectivity index (χ1v) is 9.83. The van der Waals surface area contributed by atoms with Crippen molar-refractivity contribution in [2.24, 2.45) is 7.05 Å². The molecule has 0 spiro atoms. The molecule has 0 N–H and O–H groups in total. The van der Waals surface area contributed by atoms with Gasteiger partial charge in [-0.25, -0.2) is 4.79 Å². The highest BCUT2D eigenvalue weighted by molar-refractivity contribution is 7.08. The second-order valence-electron chi connectivity index (χ2n) is 6.65. The molecule has 28 heavy (non-hydrogen) atoms. The Kier molecular flexibility index (Phi) is 4.83. The predicted octanol–water partition coefficient (Wildman–Crippen LogP) is 3.89. The zero-order chi connectivity index (χ0) is 19.7. The highest BCUT2D eigenvalue weighted by atomic mass is 32.1. The van der Waals surface area contributed by atoms with Gasteiger partial charge in [-0.3, -0.25) is 0 Å². The average molecular weight is 392 g/mol. The second kappa shape index (κ2) is 7.44. The van der Waals surface area contributed by atoms with Crippen LogP contribution in [0.4, 0.5) is 0 Å². The quantitative estimate of drug-likeness (QED) is 0.517. The van der Waals surface area contributed by atoms with E-state index in [1.165, 1.54) is 20.5 Å². The van der Waals surface area contributed by atoms with E-state index in [1.54, 1.807) is 18.4 Å². The first-order chi connectivity index (χ1) is 13.5. The molecular weight excluding hydrogens is 372 g/mol. The number of benzene rings is 2. The summed E-state index contributed by atoms with van der Waals surface area (Å²) in [5, 5.41) is 12.0. The summed E-state index contributed by atoms with van der Waals surface area (Å²) >= 11 is 1.68. The van der Waals surface area contributed by atoms with Gasteiger partial charge in [-0.05, 0) is 81.6 Å². The molecule has 2 heterocycles. The smallest absolute Gasteiger partial charge is 0.368 e. The van der Waals surface area contributed by atoms with Crippen molar-refractivity contribution >= 4 is 11.3 Å². The van der Waals surface area contributed by atoms with E-state index in [4.69, 9.17) is 4.74 Å². The van der Waals surface area contributed by atoms with Crippen LogP contribution in [0.1, 0.15) is 16.7 Å². The van der Waals surface area contributed by atoms with Gasteiger partial charge in [-0.1, -0.05) is 18.2 Å². The lowest BCUT2D eigenvalue weighted by Crippen LogP contribution is -2.23. The molecule has 2 aromatic heterocycles. The molecule has 6 nitrogen and oxygen atoms in total. The van der Waals surface area contributed by atoms with Gasteiger partial charge in [0.25, 0.3) is 0 Å². The Morgan fingerprint density at radius 3 is 2.57 bits per heavy atom. The van der Waals surface area contributed by atoms with Crippen LogP contribution >= 0.6 is 11.3 Å². The molecule has 7 heteroatoms. The van der Waals surface area contributed by atoms with Gasteiger partial charge in [-0.15, -0.1) is 0 Å². The number of tetrazole rings is 1. The molecule has 142 valence electrons. The van der Waals surface area contributed by atoms with E-state index in [1.807, 2.05) is 38.1 Å². The number of thiophene rings is 1. The molecule has 0 fully saturated rings. The van der Waals surface area contributed by atoms with Crippen LogP contribution in [-0.4, -0.2) is 19.8 Å². The van der Waals surface area contributed by atoms with Crippen LogP contribution in [-0.2, 0) is 13.7 Å². The molecular formula is C21H20N4O2S. The minimum Gasteiger partial charge on any atom is -0.489 e. The minimum atomic E-state index is -0.289. The van der Waals surface area contributed by atoms with Gasteiger partial charge >= 0.3 is 5.69 Å². The molecule has 4 rings (SSSR count).